The molecule has 0 spiro atoms. The van der Waals surface area contributed by atoms with Crippen LogP contribution in [0.4, 0.5) is 5.69 Å². The molecule has 2 aromatic rings. The number of hydrogen-bond donors (Lipinski definition) is 2. The van der Waals surface area contributed by atoms with Crippen molar-refractivity contribution in [1.82, 2.24) is 10.3 Å². The number of rotatable bonds is 7. The Hall–Kier alpha value is -2.89. The van der Waals surface area contributed by atoms with Gasteiger partial charge in [-0.1, -0.05) is 30.3 Å². The van der Waals surface area contributed by atoms with E-state index in [-0.39, 0.29) is 30.4 Å². The molecule has 6 heteroatoms. The van der Waals surface area contributed by atoms with Gasteiger partial charge in [-0.2, -0.15) is 0 Å². The first kappa shape index (κ1) is 17.0. The second-order valence-corrected chi connectivity index (χ2v) is 6.14. The number of ether oxygens (including phenoxy) is 1. The standard InChI is InChI=1S/C19H21N3O3/c1-13(14-5-3-2-4-6-14)21-17(23)12-25-18-10-9-16(11-20-18)22-19(24)15-7-8-15/h2-6,9-11,13,15H,7-8,12H2,1H3,(H,21,23)(H,22,24)/t13-/m0/s1. The van der Waals surface area contributed by atoms with E-state index in [1.54, 1.807) is 12.1 Å². The lowest BCUT2D eigenvalue weighted by molar-refractivity contribution is -0.123. The zero-order valence-corrected chi connectivity index (χ0v) is 14.1. The summed E-state index contributed by atoms with van der Waals surface area (Å²) in [5.74, 6) is 0.298. The van der Waals surface area contributed by atoms with Gasteiger partial charge in [0.05, 0.1) is 17.9 Å². The summed E-state index contributed by atoms with van der Waals surface area (Å²) in [6, 6.07) is 13.0. The number of benzene rings is 1. The number of pyridine rings is 1. The number of carbonyl (C=O) groups excluding carboxylic acids is 2. The van der Waals surface area contributed by atoms with Gasteiger partial charge in [-0.3, -0.25) is 9.59 Å². The Morgan fingerprint density at radius 1 is 1.20 bits per heavy atom. The molecular weight excluding hydrogens is 318 g/mol. The minimum absolute atomic E-state index is 0.0322. The Morgan fingerprint density at radius 2 is 1.96 bits per heavy atom. The van der Waals surface area contributed by atoms with Crippen molar-refractivity contribution in [3.63, 3.8) is 0 Å². The summed E-state index contributed by atoms with van der Waals surface area (Å²) in [5.41, 5.74) is 1.66. The Balaban J connectivity index is 1.44. The zero-order valence-electron chi connectivity index (χ0n) is 14.1. The largest absolute Gasteiger partial charge is 0.468 e. The van der Waals surface area contributed by atoms with Crippen molar-refractivity contribution in [3.05, 3.63) is 54.2 Å². The van der Waals surface area contributed by atoms with Crippen LogP contribution < -0.4 is 15.4 Å². The first-order valence-electron chi connectivity index (χ1n) is 8.36. The summed E-state index contributed by atoms with van der Waals surface area (Å²) in [5, 5.41) is 5.68. The van der Waals surface area contributed by atoms with E-state index in [2.05, 4.69) is 15.6 Å². The quantitative estimate of drug-likeness (QED) is 0.813. The monoisotopic (exact) mass is 339 g/mol. The molecule has 2 N–H and O–H groups in total. The number of nitrogens with zero attached hydrogens (tertiary/aromatic N) is 1. The minimum atomic E-state index is -0.218. The average Bonchev–Trinajstić information content (AvgIpc) is 3.47. The van der Waals surface area contributed by atoms with Gasteiger partial charge in [0.1, 0.15) is 0 Å². The normalized spacial score (nSPS) is 14.4. The number of hydrogen-bond acceptors (Lipinski definition) is 4. The zero-order chi connectivity index (χ0) is 17.6. The summed E-state index contributed by atoms with van der Waals surface area (Å²) >= 11 is 0. The molecule has 1 heterocycles. The molecule has 1 atom stereocenters. The molecule has 1 aromatic carbocycles. The molecule has 130 valence electrons. The third kappa shape index (κ3) is 5.04. The van der Waals surface area contributed by atoms with Gasteiger partial charge in [0.15, 0.2) is 6.61 Å². The summed E-state index contributed by atoms with van der Waals surface area (Å²) < 4.78 is 5.39. The van der Waals surface area contributed by atoms with Gasteiger partial charge < -0.3 is 15.4 Å². The summed E-state index contributed by atoms with van der Waals surface area (Å²) in [6.45, 7) is 1.81. The van der Waals surface area contributed by atoms with Gasteiger partial charge >= 0.3 is 0 Å². The topological polar surface area (TPSA) is 80.3 Å². The van der Waals surface area contributed by atoms with Gasteiger partial charge in [0, 0.05) is 12.0 Å². The lowest BCUT2D eigenvalue weighted by Gasteiger charge is -2.14. The van der Waals surface area contributed by atoms with Crippen molar-refractivity contribution >= 4 is 17.5 Å². The second-order valence-electron chi connectivity index (χ2n) is 6.14. The number of nitrogens with one attached hydrogen (secondary N) is 2. The van der Waals surface area contributed by atoms with Crippen molar-refractivity contribution in [2.24, 2.45) is 5.92 Å². The van der Waals surface area contributed by atoms with Crippen molar-refractivity contribution in [2.75, 3.05) is 11.9 Å². The third-order valence-electron chi connectivity index (χ3n) is 3.98. The Morgan fingerprint density at radius 3 is 2.60 bits per heavy atom. The van der Waals surface area contributed by atoms with E-state index < -0.39 is 0 Å². The van der Waals surface area contributed by atoms with Crippen LogP contribution in [-0.2, 0) is 9.59 Å². The first-order valence-corrected chi connectivity index (χ1v) is 8.36. The van der Waals surface area contributed by atoms with E-state index in [1.165, 1.54) is 6.20 Å². The second kappa shape index (κ2) is 7.79. The predicted octanol–water partition coefficient (Wildman–Crippen LogP) is 2.69. The fourth-order valence-corrected chi connectivity index (χ4v) is 2.38. The number of carbonyl (C=O) groups is 2. The van der Waals surface area contributed by atoms with Crippen molar-refractivity contribution < 1.29 is 14.3 Å². The van der Waals surface area contributed by atoms with Gasteiger partial charge in [-0.05, 0) is 31.4 Å². The SMILES string of the molecule is C[C@H](NC(=O)COc1ccc(NC(=O)C2CC2)cn1)c1ccccc1. The molecule has 1 aromatic heterocycles. The molecule has 0 aliphatic heterocycles. The molecule has 0 bridgehead atoms. The maximum absolute atomic E-state index is 12.0. The van der Waals surface area contributed by atoms with Crippen molar-refractivity contribution in [1.29, 1.82) is 0 Å². The van der Waals surface area contributed by atoms with Gasteiger partial charge in [-0.15, -0.1) is 0 Å². The van der Waals surface area contributed by atoms with Gasteiger partial charge in [0.2, 0.25) is 11.8 Å². The van der Waals surface area contributed by atoms with E-state index in [9.17, 15) is 9.59 Å². The smallest absolute Gasteiger partial charge is 0.258 e. The Labute approximate surface area is 146 Å². The molecule has 6 nitrogen and oxygen atoms in total. The van der Waals surface area contributed by atoms with Crippen molar-refractivity contribution in [2.45, 2.75) is 25.8 Å². The highest BCUT2D eigenvalue weighted by atomic mass is 16.5. The number of anilines is 1. The van der Waals surface area contributed by atoms with Crippen LogP contribution in [0.2, 0.25) is 0 Å². The minimum Gasteiger partial charge on any atom is -0.468 e. The molecule has 0 radical (unpaired) electrons. The molecule has 0 unspecified atom stereocenters. The average molecular weight is 339 g/mol. The van der Waals surface area contributed by atoms with Crippen molar-refractivity contribution in [3.8, 4) is 5.88 Å². The van der Waals surface area contributed by atoms with E-state index in [1.807, 2.05) is 37.3 Å². The van der Waals surface area contributed by atoms with Crippen LogP contribution in [0.5, 0.6) is 5.88 Å². The van der Waals surface area contributed by atoms with Crippen LogP contribution >= 0.6 is 0 Å². The first-order chi connectivity index (χ1) is 12.1. The summed E-state index contributed by atoms with van der Waals surface area (Å²) in [6.07, 6.45) is 3.44. The highest BCUT2D eigenvalue weighted by Gasteiger charge is 2.29. The molecule has 25 heavy (non-hydrogen) atoms. The molecule has 1 fully saturated rings. The molecule has 1 aliphatic rings. The van der Waals surface area contributed by atoms with Crippen LogP contribution in [-0.4, -0.2) is 23.4 Å². The fourth-order valence-electron chi connectivity index (χ4n) is 2.38. The maximum Gasteiger partial charge on any atom is 0.258 e. The Kier molecular flexibility index (Phi) is 5.28. The highest BCUT2D eigenvalue weighted by molar-refractivity contribution is 5.93. The fraction of sp³-hybridized carbons (Fsp3) is 0.316. The van der Waals surface area contributed by atoms with Gasteiger partial charge in [0.25, 0.3) is 5.91 Å². The number of aromatic nitrogens is 1. The lowest BCUT2D eigenvalue weighted by atomic mass is 10.1. The van der Waals surface area contributed by atoms with E-state index in [0.717, 1.165) is 18.4 Å². The number of amides is 2. The Bertz CT molecular complexity index is 727. The van der Waals surface area contributed by atoms with Crippen LogP contribution in [0.25, 0.3) is 0 Å². The van der Waals surface area contributed by atoms with Crippen LogP contribution in [0, 0.1) is 5.92 Å². The predicted molar refractivity (Wildman–Crippen MR) is 94.1 cm³/mol. The van der Waals surface area contributed by atoms with E-state index in [0.29, 0.717) is 11.6 Å². The maximum atomic E-state index is 12.0. The van der Waals surface area contributed by atoms with E-state index >= 15 is 0 Å². The van der Waals surface area contributed by atoms with Crippen LogP contribution in [0.3, 0.4) is 0 Å². The third-order valence-corrected chi connectivity index (χ3v) is 3.98. The van der Waals surface area contributed by atoms with Crippen LogP contribution in [0.15, 0.2) is 48.7 Å². The summed E-state index contributed by atoms with van der Waals surface area (Å²) in [7, 11) is 0. The highest BCUT2D eigenvalue weighted by Crippen LogP contribution is 2.30. The molecule has 2 amide bonds. The molecule has 3 rings (SSSR count). The lowest BCUT2D eigenvalue weighted by Crippen LogP contribution is -2.31. The molecule has 0 saturated heterocycles. The van der Waals surface area contributed by atoms with Crippen LogP contribution in [0.1, 0.15) is 31.4 Å². The summed E-state index contributed by atoms with van der Waals surface area (Å²) in [4.78, 5) is 27.7. The van der Waals surface area contributed by atoms with E-state index in [4.69, 9.17) is 4.74 Å². The molecule has 1 saturated carbocycles. The molecule has 1 aliphatic carbocycles. The van der Waals surface area contributed by atoms with Gasteiger partial charge in [-0.25, -0.2) is 4.98 Å². The molecular formula is C19H21N3O3.